The molecule has 1 aliphatic heterocycles. The lowest BCUT2D eigenvalue weighted by Gasteiger charge is -2.33. The third-order valence-corrected chi connectivity index (χ3v) is 7.64. The van der Waals surface area contributed by atoms with Crippen LogP contribution in [-0.2, 0) is 10.0 Å². The highest BCUT2D eigenvalue weighted by Gasteiger charge is 2.31. The van der Waals surface area contributed by atoms with Crippen LogP contribution in [0.1, 0.15) is 16.1 Å². The molecule has 2 heterocycles. The van der Waals surface area contributed by atoms with Gasteiger partial charge in [0.15, 0.2) is 5.76 Å². The number of rotatable bonds is 4. The Morgan fingerprint density at radius 3 is 2.31 bits per heavy atom. The number of hydrogen-bond donors (Lipinski definition) is 0. The molecule has 3 aromatic rings. The molecule has 0 N–H and O–H groups in total. The monoisotopic (exact) mass is 489 g/mol. The third kappa shape index (κ3) is 4.38. The number of amides is 1. The maximum absolute atomic E-state index is 12.9. The van der Waals surface area contributed by atoms with Crippen LogP contribution < -0.4 is 0 Å². The van der Waals surface area contributed by atoms with Crippen LogP contribution >= 0.6 is 23.2 Å². The number of benzene rings is 2. The van der Waals surface area contributed by atoms with Crippen molar-refractivity contribution in [1.82, 2.24) is 9.21 Å². The van der Waals surface area contributed by atoms with Crippen molar-refractivity contribution in [2.24, 2.45) is 0 Å². The summed E-state index contributed by atoms with van der Waals surface area (Å²) >= 11 is 12.2. The molecule has 1 aromatic heterocycles. The molecule has 7 nitrogen and oxygen atoms in total. The van der Waals surface area contributed by atoms with E-state index in [9.17, 15) is 13.2 Å². The van der Waals surface area contributed by atoms with E-state index in [1.807, 2.05) is 6.07 Å². The Hall–Kier alpha value is -2.83. The van der Waals surface area contributed by atoms with Crippen molar-refractivity contribution in [3.63, 3.8) is 0 Å². The summed E-state index contributed by atoms with van der Waals surface area (Å²) in [4.78, 5) is 14.5. The van der Waals surface area contributed by atoms with Crippen LogP contribution in [0.25, 0.3) is 11.3 Å². The van der Waals surface area contributed by atoms with E-state index in [1.165, 1.54) is 28.6 Å². The van der Waals surface area contributed by atoms with E-state index in [4.69, 9.17) is 32.9 Å². The lowest BCUT2D eigenvalue weighted by Crippen LogP contribution is -2.50. The van der Waals surface area contributed by atoms with Crippen molar-refractivity contribution in [2.45, 2.75) is 4.90 Å². The normalized spacial score (nSPS) is 14.8. The highest BCUT2D eigenvalue weighted by molar-refractivity contribution is 7.89. The van der Waals surface area contributed by atoms with Crippen LogP contribution in [0, 0.1) is 11.3 Å². The van der Waals surface area contributed by atoms with Crippen molar-refractivity contribution < 1.29 is 17.6 Å². The SMILES string of the molecule is N#Cc1ccc(S(=O)(=O)N2CCN(C(=O)c3ccc(-c4cc(Cl)ccc4Cl)o3)CC2)cc1. The Balaban J connectivity index is 1.44. The van der Waals surface area contributed by atoms with E-state index in [-0.39, 0.29) is 42.7 Å². The molecule has 0 bridgehead atoms. The van der Waals surface area contributed by atoms with Crippen LogP contribution in [0.15, 0.2) is 63.9 Å². The van der Waals surface area contributed by atoms with E-state index < -0.39 is 10.0 Å². The molecule has 32 heavy (non-hydrogen) atoms. The Labute approximate surface area is 195 Å². The van der Waals surface area contributed by atoms with Gasteiger partial charge in [0.2, 0.25) is 10.0 Å². The number of furan rings is 1. The van der Waals surface area contributed by atoms with Crippen LogP contribution in [0.2, 0.25) is 10.0 Å². The summed E-state index contributed by atoms with van der Waals surface area (Å²) in [6, 6.07) is 15.9. The fourth-order valence-electron chi connectivity index (χ4n) is 3.42. The minimum absolute atomic E-state index is 0.116. The zero-order valence-corrected chi connectivity index (χ0v) is 19.0. The summed E-state index contributed by atoms with van der Waals surface area (Å²) in [6.07, 6.45) is 0. The first-order chi connectivity index (χ1) is 15.3. The molecular formula is C22H17Cl2N3O4S. The number of halogens is 2. The highest BCUT2D eigenvalue weighted by atomic mass is 35.5. The van der Waals surface area contributed by atoms with Gasteiger partial charge in [0.25, 0.3) is 5.91 Å². The number of carbonyl (C=O) groups is 1. The maximum Gasteiger partial charge on any atom is 0.289 e. The second-order valence-electron chi connectivity index (χ2n) is 7.12. The smallest absolute Gasteiger partial charge is 0.289 e. The molecule has 1 aliphatic rings. The van der Waals surface area contributed by atoms with Gasteiger partial charge < -0.3 is 9.32 Å². The van der Waals surface area contributed by atoms with Gasteiger partial charge in [-0.15, -0.1) is 0 Å². The lowest BCUT2D eigenvalue weighted by molar-refractivity contribution is 0.0667. The topological polar surface area (TPSA) is 94.6 Å². The summed E-state index contributed by atoms with van der Waals surface area (Å²) < 4.78 is 32.7. The molecular weight excluding hydrogens is 473 g/mol. The largest absolute Gasteiger partial charge is 0.451 e. The lowest BCUT2D eigenvalue weighted by atomic mass is 10.2. The van der Waals surface area contributed by atoms with Crippen molar-refractivity contribution >= 4 is 39.1 Å². The number of nitrogens with zero attached hydrogens (tertiary/aromatic N) is 3. The fraction of sp³-hybridized carbons (Fsp3) is 0.182. The number of hydrogen-bond acceptors (Lipinski definition) is 5. The maximum atomic E-state index is 12.9. The zero-order valence-electron chi connectivity index (χ0n) is 16.7. The van der Waals surface area contributed by atoms with Crippen LogP contribution in [-0.4, -0.2) is 49.7 Å². The standard InChI is InChI=1S/C22H17Cl2N3O4S/c23-16-3-6-19(24)18(13-16)20-7-8-21(31-20)22(28)26-9-11-27(12-10-26)32(29,30)17-4-1-15(14-25)2-5-17/h1-8,13H,9-12H2. The van der Waals surface area contributed by atoms with E-state index in [0.29, 0.717) is 26.9 Å². The Morgan fingerprint density at radius 2 is 1.66 bits per heavy atom. The Morgan fingerprint density at radius 1 is 0.969 bits per heavy atom. The van der Waals surface area contributed by atoms with Crippen molar-refractivity contribution in [3.05, 3.63) is 76.0 Å². The minimum atomic E-state index is -3.71. The summed E-state index contributed by atoms with van der Waals surface area (Å²) in [5.41, 5.74) is 0.966. The van der Waals surface area contributed by atoms with Gasteiger partial charge in [-0.2, -0.15) is 9.57 Å². The van der Waals surface area contributed by atoms with Gasteiger partial charge in [-0.25, -0.2) is 8.42 Å². The molecule has 2 aromatic carbocycles. The first-order valence-corrected chi connectivity index (χ1v) is 11.8. The number of piperazine rings is 1. The molecule has 1 amide bonds. The summed E-state index contributed by atoms with van der Waals surface area (Å²) in [6.45, 7) is 0.758. The van der Waals surface area contributed by atoms with Crippen molar-refractivity contribution in [1.29, 1.82) is 5.26 Å². The summed E-state index contributed by atoms with van der Waals surface area (Å²) in [5, 5.41) is 9.82. The molecule has 0 spiro atoms. The van der Waals surface area contributed by atoms with Gasteiger partial charge in [-0.05, 0) is 54.6 Å². The molecule has 1 fully saturated rings. The average molecular weight is 490 g/mol. The first kappa shape index (κ1) is 22.4. The first-order valence-electron chi connectivity index (χ1n) is 9.64. The van der Waals surface area contributed by atoms with Gasteiger partial charge in [0.1, 0.15) is 5.76 Å². The minimum Gasteiger partial charge on any atom is -0.451 e. The molecule has 0 unspecified atom stereocenters. The van der Waals surface area contributed by atoms with E-state index in [1.54, 1.807) is 35.2 Å². The second kappa shape index (κ2) is 8.96. The van der Waals surface area contributed by atoms with Gasteiger partial charge >= 0.3 is 0 Å². The highest BCUT2D eigenvalue weighted by Crippen LogP contribution is 2.32. The van der Waals surface area contributed by atoms with E-state index in [2.05, 4.69) is 0 Å². The molecule has 10 heteroatoms. The van der Waals surface area contributed by atoms with Gasteiger partial charge in [0, 0.05) is 36.8 Å². The van der Waals surface area contributed by atoms with Gasteiger partial charge in [-0.3, -0.25) is 4.79 Å². The van der Waals surface area contributed by atoms with Crippen molar-refractivity contribution in [2.75, 3.05) is 26.2 Å². The molecule has 164 valence electrons. The van der Waals surface area contributed by atoms with E-state index >= 15 is 0 Å². The number of sulfonamides is 1. The number of nitriles is 1. The molecule has 1 saturated heterocycles. The Kier molecular flexibility index (Phi) is 6.26. The third-order valence-electron chi connectivity index (χ3n) is 5.16. The van der Waals surface area contributed by atoms with Crippen LogP contribution in [0.3, 0.4) is 0 Å². The summed E-state index contributed by atoms with van der Waals surface area (Å²) in [5.74, 6) is 0.229. The Bertz CT molecular complexity index is 1310. The summed E-state index contributed by atoms with van der Waals surface area (Å²) in [7, 11) is -3.71. The number of carbonyl (C=O) groups excluding carboxylic acids is 1. The quantitative estimate of drug-likeness (QED) is 0.545. The predicted molar refractivity (Wildman–Crippen MR) is 120 cm³/mol. The zero-order chi connectivity index (χ0) is 22.9. The molecule has 4 rings (SSSR count). The molecule has 0 radical (unpaired) electrons. The van der Waals surface area contributed by atoms with E-state index in [0.717, 1.165) is 0 Å². The van der Waals surface area contributed by atoms with Gasteiger partial charge in [0.05, 0.1) is 21.6 Å². The molecule has 0 saturated carbocycles. The second-order valence-corrected chi connectivity index (χ2v) is 9.90. The van der Waals surface area contributed by atoms with Gasteiger partial charge in [-0.1, -0.05) is 23.2 Å². The predicted octanol–water partition coefficient (Wildman–Crippen LogP) is 4.27. The molecule has 0 aliphatic carbocycles. The van der Waals surface area contributed by atoms with Crippen molar-refractivity contribution in [3.8, 4) is 17.4 Å². The average Bonchev–Trinajstić information content (AvgIpc) is 3.30. The van der Waals surface area contributed by atoms with Crippen LogP contribution in [0.4, 0.5) is 0 Å². The fourth-order valence-corrected chi connectivity index (χ4v) is 5.23. The molecule has 0 atom stereocenters. The van der Waals surface area contributed by atoms with Crippen LogP contribution in [0.5, 0.6) is 0 Å².